The van der Waals surface area contributed by atoms with Gasteiger partial charge in [-0.3, -0.25) is 4.79 Å². The van der Waals surface area contributed by atoms with Crippen LogP contribution in [0.25, 0.3) is 0 Å². The second-order valence-electron chi connectivity index (χ2n) is 5.93. The van der Waals surface area contributed by atoms with E-state index in [1.54, 1.807) is 19.2 Å². The number of methoxy groups -OCH3 is 1. The van der Waals surface area contributed by atoms with Crippen LogP contribution in [0.2, 0.25) is 0 Å². The van der Waals surface area contributed by atoms with Crippen LogP contribution in [0.1, 0.15) is 39.0 Å². The third-order valence-corrected chi connectivity index (χ3v) is 5.54. The first-order valence-corrected chi connectivity index (χ1v) is 9.34. The van der Waals surface area contributed by atoms with Gasteiger partial charge >= 0.3 is 0 Å². The molecule has 1 aromatic rings. The molecule has 7 heteroatoms. The molecule has 0 spiro atoms. The summed E-state index contributed by atoms with van der Waals surface area (Å²) < 4.78 is 32.4. The Kier molecular flexibility index (Phi) is 6.15. The summed E-state index contributed by atoms with van der Waals surface area (Å²) >= 11 is 0. The Balaban J connectivity index is 1.96. The molecule has 128 valence electrons. The third kappa shape index (κ3) is 5.30. The van der Waals surface area contributed by atoms with Crippen molar-refractivity contribution in [1.82, 2.24) is 4.72 Å². The van der Waals surface area contributed by atoms with E-state index in [9.17, 15) is 13.2 Å². The van der Waals surface area contributed by atoms with Gasteiger partial charge in [-0.25, -0.2) is 13.1 Å². The summed E-state index contributed by atoms with van der Waals surface area (Å²) in [6, 6.07) is 6.24. The van der Waals surface area contributed by atoms with Crippen LogP contribution >= 0.6 is 0 Å². The topological polar surface area (TPSA) is 84.5 Å². The number of benzene rings is 1. The van der Waals surface area contributed by atoms with Crippen molar-refractivity contribution >= 4 is 21.6 Å². The van der Waals surface area contributed by atoms with E-state index in [1.807, 2.05) is 6.92 Å². The maximum absolute atomic E-state index is 12.3. The first kappa shape index (κ1) is 17.9. The summed E-state index contributed by atoms with van der Waals surface area (Å²) in [5.74, 6) is -0.168. The summed E-state index contributed by atoms with van der Waals surface area (Å²) in [6.45, 7) is 1.81. The molecule has 1 aromatic carbocycles. The highest BCUT2D eigenvalue weighted by Crippen LogP contribution is 2.21. The first-order chi connectivity index (χ1) is 10.9. The molecule has 1 saturated carbocycles. The van der Waals surface area contributed by atoms with Gasteiger partial charge in [0, 0.05) is 18.8 Å². The lowest BCUT2D eigenvalue weighted by Gasteiger charge is -2.13. The van der Waals surface area contributed by atoms with Crippen LogP contribution in [-0.4, -0.2) is 33.6 Å². The van der Waals surface area contributed by atoms with E-state index >= 15 is 0 Å². The van der Waals surface area contributed by atoms with Gasteiger partial charge in [-0.1, -0.05) is 12.8 Å². The van der Waals surface area contributed by atoms with Gasteiger partial charge in [0.25, 0.3) is 0 Å². The molecule has 0 saturated heterocycles. The van der Waals surface area contributed by atoms with E-state index in [1.165, 1.54) is 12.1 Å². The van der Waals surface area contributed by atoms with Crippen LogP contribution in [0.4, 0.5) is 5.69 Å². The molecule has 1 fully saturated rings. The molecule has 0 bridgehead atoms. The van der Waals surface area contributed by atoms with Gasteiger partial charge in [0.2, 0.25) is 15.9 Å². The number of hydrogen-bond acceptors (Lipinski definition) is 4. The fraction of sp³-hybridized carbons (Fsp3) is 0.562. The molecule has 0 heterocycles. The van der Waals surface area contributed by atoms with E-state index in [-0.39, 0.29) is 29.4 Å². The largest absolute Gasteiger partial charge is 0.381 e. The van der Waals surface area contributed by atoms with E-state index < -0.39 is 10.0 Å². The monoisotopic (exact) mass is 340 g/mol. The highest BCUT2D eigenvalue weighted by Gasteiger charge is 2.22. The second-order valence-corrected chi connectivity index (χ2v) is 7.64. The minimum Gasteiger partial charge on any atom is -0.381 e. The number of hydrogen-bond donors (Lipinski definition) is 2. The van der Waals surface area contributed by atoms with Crippen molar-refractivity contribution in [3.8, 4) is 0 Å². The SMILES string of the molecule is COC(C)CC(=O)Nc1ccc(S(=O)(=O)NC2CCCC2)cc1. The van der Waals surface area contributed by atoms with Crippen LogP contribution in [0.15, 0.2) is 29.2 Å². The van der Waals surface area contributed by atoms with Gasteiger partial charge in [0.05, 0.1) is 17.4 Å². The van der Waals surface area contributed by atoms with E-state index in [0.717, 1.165) is 25.7 Å². The molecule has 0 radical (unpaired) electrons. The summed E-state index contributed by atoms with van der Waals surface area (Å²) in [5, 5.41) is 2.72. The van der Waals surface area contributed by atoms with E-state index in [4.69, 9.17) is 4.74 Å². The van der Waals surface area contributed by atoms with Crippen molar-refractivity contribution in [2.45, 2.75) is 56.1 Å². The first-order valence-electron chi connectivity index (χ1n) is 7.86. The molecule has 1 unspecified atom stereocenters. The molecule has 1 aliphatic carbocycles. The van der Waals surface area contributed by atoms with Crippen molar-refractivity contribution in [2.75, 3.05) is 12.4 Å². The predicted molar refractivity (Wildman–Crippen MR) is 88.7 cm³/mol. The average Bonchev–Trinajstić information content (AvgIpc) is 2.99. The van der Waals surface area contributed by atoms with Gasteiger partial charge < -0.3 is 10.1 Å². The molecule has 0 aliphatic heterocycles. The molecule has 1 atom stereocenters. The Bertz CT molecular complexity index is 622. The molecule has 6 nitrogen and oxygen atoms in total. The van der Waals surface area contributed by atoms with Crippen molar-refractivity contribution < 1.29 is 17.9 Å². The molecular weight excluding hydrogens is 316 g/mol. The van der Waals surface area contributed by atoms with Crippen LogP contribution in [-0.2, 0) is 19.6 Å². The zero-order valence-electron chi connectivity index (χ0n) is 13.5. The maximum Gasteiger partial charge on any atom is 0.240 e. The number of carbonyl (C=O) groups excluding carboxylic acids is 1. The van der Waals surface area contributed by atoms with E-state index in [0.29, 0.717) is 5.69 Å². The number of carbonyl (C=O) groups is 1. The van der Waals surface area contributed by atoms with Gasteiger partial charge in [-0.2, -0.15) is 0 Å². The quantitative estimate of drug-likeness (QED) is 0.797. The van der Waals surface area contributed by atoms with Crippen LogP contribution in [0.5, 0.6) is 0 Å². The molecule has 2 rings (SSSR count). The van der Waals surface area contributed by atoms with Crippen LogP contribution in [0.3, 0.4) is 0 Å². The lowest BCUT2D eigenvalue weighted by Crippen LogP contribution is -2.32. The van der Waals surface area contributed by atoms with Crippen molar-refractivity contribution in [1.29, 1.82) is 0 Å². The summed E-state index contributed by atoms with van der Waals surface area (Å²) in [4.78, 5) is 12.0. The molecule has 0 aromatic heterocycles. The minimum absolute atomic E-state index is 0.0370. The number of ether oxygens (including phenoxy) is 1. The highest BCUT2D eigenvalue weighted by molar-refractivity contribution is 7.89. The molecule has 1 amide bonds. The Morgan fingerprint density at radius 3 is 2.43 bits per heavy atom. The standard InChI is InChI=1S/C16H24N2O4S/c1-12(22-2)11-16(19)17-13-7-9-15(10-8-13)23(20,21)18-14-5-3-4-6-14/h7-10,12,14,18H,3-6,11H2,1-2H3,(H,17,19). The number of anilines is 1. The molecular formula is C16H24N2O4S. The fourth-order valence-corrected chi connectivity index (χ4v) is 3.91. The molecule has 23 heavy (non-hydrogen) atoms. The van der Waals surface area contributed by atoms with Crippen molar-refractivity contribution in [2.24, 2.45) is 0 Å². The zero-order valence-corrected chi connectivity index (χ0v) is 14.4. The second kappa shape index (κ2) is 7.90. The smallest absolute Gasteiger partial charge is 0.240 e. The number of amides is 1. The number of rotatable bonds is 7. The Morgan fingerprint density at radius 1 is 1.26 bits per heavy atom. The summed E-state index contributed by atoms with van der Waals surface area (Å²) in [7, 11) is -1.94. The van der Waals surface area contributed by atoms with E-state index in [2.05, 4.69) is 10.0 Å². The van der Waals surface area contributed by atoms with Crippen molar-refractivity contribution in [3.05, 3.63) is 24.3 Å². The molecule has 1 aliphatic rings. The fourth-order valence-electron chi connectivity index (χ4n) is 2.60. The number of nitrogens with one attached hydrogen (secondary N) is 2. The zero-order chi connectivity index (χ0) is 16.9. The Hall–Kier alpha value is -1.44. The van der Waals surface area contributed by atoms with Crippen LogP contribution < -0.4 is 10.0 Å². The lowest BCUT2D eigenvalue weighted by molar-refractivity contribution is -0.118. The van der Waals surface area contributed by atoms with Crippen LogP contribution in [0, 0.1) is 0 Å². The normalized spacial score (nSPS) is 17.1. The maximum atomic E-state index is 12.3. The average molecular weight is 340 g/mol. The Labute approximate surface area is 137 Å². The summed E-state index contributed by atoms with van der Waals surface area (Å²) in [5.41, 5.74) is 0.568. The van der Waals surface area contributed by atoms with Gasteiger partial charge in [-0.15, -0.1) is 0 Å². The molecule has 2 N–H and O–H groups in total. The third-order valence-electron chi connectivity index (χ3n) is 4.00. The lowest BCUT2D eigenvalue weighted by atomic mass is 10.2. The summed E-state index contributed by atoms with van der Waals surface area (Å²) in [6.07, 6.45) is 4.01. The minimum atomic E-state index is -3.49. The van der Waals surface area contributed by atoms with Gasteiger partial charge in [0.1, 0.15) is 0 Å². The van der Waals surface area contributed by atoms with Crippen molar-refractivity contribution in [3.63, 3.8) is 0 Å². The highest BCUT2D eigenvalue weighted by atomic mass is 32.2. The van der Waals surface area contributed by atoms with Gasteiger partial charge in [0.15, 0.2) is 0 Å². The van der Waals surface area contributed by atoms with Gasteiger partial charge in [-0.05, 0) is 44.0 Å². The number of sulfonamides is 1. The Morgan fingerprint density at radius 2 is 1.87 bits per heavy atom. The predicted octanol–water partition coefficient (Wildman–Crippen LogP) is 2.27.